The standard InChI is InChI=1S/C9H17N/c1-8(2)4-3-5-9(8)6-7-10-9/h10H,3-7H2,1-2H3. The molecule has 1 heteroatoms. The van der Waals surface area contributed by atoms with Crippen LogP contribution < -0.4 is 5.32 Å². The average molecular weight is 139 g/mol. The van der Waals surface area contributed by atoms with Crippen molar-refractivity contribution in [3.8, 4) is 0 Å². The van der Waals surface area contributed by atoms with Gasteiger partial charge in [0.05, 0.1) is 0 Å². The van der Waals surface area contributed by atoms with Crippen LogP contribution in [0.2, 0.25) is 0 Å². The second kappa shape index (κ2) is 1.76. The van der Waals surface area contributed by atoms with E-state index in [1.54, 1.807) is 0 Å². The van der Waals surface area contributed by atoms with Gasteiger partial charge in [0.2, 0.25) is 0 Å². The Morgan fingerprint density at radius 2 is 1.80 bits per heavy atom. The Morgan fingerprint density at radius 3 is 2.00 bits per heavy atom. The van der Waals surface area contributed by atoms with Gasteiger partial charge in [0.1, 0.15) is 0 Å². The summed E-state index contributed by atoms with van der Waals surface area (Å²) in [4.78, 5) is 0. The number of hydrogen-bond donors (Lipinski definition) is 1. The summed E-state index contributed by atoms with van der Waals surface area (Å²) in [6, 6.07) is 0. The van der Waals surface area contributed by atoms with Gasteiger partial charge in [0.15, 0.2) is 0 Å². The van der Waals surface area contributed by atoms with E-state index in [0.717, 1.165) is 0 Å². The highest BCUT2D eigenvalue weighted by atomic mass is 15.1. The van der Waals surface area contributed by atoms with Crippen molar-refractivity contribution in [3.05, 3.63) is 0 Å². The van der Waals surface area contributed by atoms with Crippen molar-refractivity contribution in [2.75, 3.05) is 6.54 Å². The molecular weight excluding hydrogens is 122 g/mol. The van der Waals surface area contributed by atoms with E-state index in [9.17, 15) is 0 Å². The third kappa shape index (κ3) is 0.619. The Kier molecular flexibility index (Phi) is 1.17. The van der Waals surface area contributed by atoms with Crippen molar-refractivity contribution >= 4 is 0 Å². The van der Waals surface area contributed by atoms with Gasteiger partial charge in [-0.05, 0) is 31.2 Å². The fourth-order valence-electron chi connectivity index (χ4n) is 2.63. The van der Waals surface area contributed by atoms with Crippen LogP contribution in [0.4, 0.5) is 0 Å². The zero-order valence-corrected chi connectivity index (χ0v) is 7.04. The molecule has 1 saturated carbocycles. The van der Waals surface area contributed by atoms with Gasteiger partial charge < -0.3 is 5.32 Å². The van der Waals surface area contributed by atoms with Gasteiger partial charge in [0.25, 0.3) is 0 Å². The Hall–Kier alpha value is -0.0400. The van der Waals surface area contributed by atoms with E-state index in [4.69, 9.17) is 0 Å². The first-order chi connectivity index (χ1) is 4.66. The molecule has 0 radical (unpaired) electrons. The second-order valence-electron chi connectivity index (χ2n) is 4.50. The molecule has 10 heavy (non-hydrogen) atoms. The summed E-state index contributed by atoms with van der Waals surface area (Å²) in [7, 11) is 0. The molecule has 1 aliphatic carbocycles. The van der Waals surface area contributed by atoms with Crippen LogP contribution in [-0.2, 0) is 0 Å². The molecule has 1 unspecified atom stereocenters. The van der Waals surface area contributed by atoms with Crippen molar-refractivity contribution < 1.29 is 0 Å². The molecule has 0 aromatic heterocycles. The summed E-state index contributed by atoms with van der Waals surface area (Å²) in [6.07, 6.45) is 5.68. The van der Waals surface area contributed by atoms with Crippen molar-refractivity contribution in [2.45, 2.75) is 45.1 Å². The van der Waals surface area contributed by atoms with E-state index < -0.39 is 0 Å². The minimum Gasteiger partial charge on any atom is -0.311 e. The van der Waals surface area contributed by atoms with Gasteiger partial charge >= 0.3 is 0 Å². The molecular formula is C9H17N. The zero-order chi connectivity index (χ0) is 7.24. The molecule has 0 bridgehead atoms. The summed E-state index contributed by atoms with van der Waals surface area (Å²) in [5.74, 6) is 0. The largest absolute Gasteiger partial charge is 0.311 e. The molecule has 1 aliphatic heterocycles. The minimum atomic E-state index is 0.562. The first-order valence-electron chi connectivity index (χ1n) is 4.41. The van der Waals surface area contributed by atoms with Gasteiger partial charge in [-0.1, -0.05) is 20.3 Å². The van der Waals surface area contributed by atoms with E-state index in [-0.39, 0.29) is 0 Å². The maximum Gasteiger partial charge on any atom is 0.0244 e. The molecule has 1 saturated heterocycles. The Morgan fingerprint density at radius 1 is 1.10 bits per heavy atom. The average Bonchev–Trinajstić information content (AvgIpc) is 2.02. The van der Waals surface area contributed by atoms with Crippen molar-refractivity contribution in [3.63, 3.8) is 0 Å². The Balaban J connectivity index is 2.20. The predicted octanol–water partition coefficient (Wildman–Crippen LogP) is 1.93. The van der Waals surface area contributed by atoms with Crippen molar-refractivity contribution in [1.29, 1.82) is 0 Å². The lowest BCUT2D eigenvalue weighted by atomic mass is 9.69. The minimum absolute atomic E-state index is 0.562. The Bertz CT molecular complexity index is 145. The SMILES string of the molecule is CC1(C)CCCC12CCN2. The van der Waals surface area contributed by atoms with Gasteiger partial charge in [-0.2, -0.15) is 0 Å². The quantitative estimate of drug-likeness (QED) is 0.540. The second-order valence-corrected chi connectivity index (χ2v) is 4.50. The number of rotatable bonds is 0. The molecule has 2 fully saturated rings. The third-order valence-electron chi connectivity index (χ3n) is 3.72. The smallest absolute Gasteiger partial charge is 0.0244 e. The number of nitrogens with one attached hydrogen (secondary N) is 1. The van der Waals surface area contributed by atoms with Gasteiger partial charge in [-0.15, -0.1) is 0 Å². The molecule has 0 amide bonds. The van der Waals surface area contributed by atoms with Gasteiger partial charge in [-0.3, -0.25) is 0 Å². The van der Waals surface area contributed by atoms with E-state index in [0.29, 0.717) is 11.0 Å². The van der Waals surface area contributed by atoms with Crippen LogP contribution in [0.1, 0.15) is 39.5 Å². The van der Waals surface area contributed by atoms with Gasteiger partial charge in [-0.25, -0.2) is 0 Å². The van der Waals surface area contributed by atoms with Gasteiger partial charge in [0, 0.05) is 5.54 Å². The van der Waals surface area contributed by atoms with E-state index in [1.165, 1.54) is 32.2 Å². The zero-order valence-electron chi connectivity index (χ0n) is 7.04. The highest BCUT2D eigenvalue weighted by Gasteiger charge is 2.51. The van der Waals surface area contributed by atoms with Crippen LogP contribution in [0.15, 0.2) is 0 Å². The summed E-state index contributed by atoms with van der Waals surface area (Å²) in [5, 5.41) is 3.61. The lowest BCUT2D eigenvalue weighted by Crippen LogP contribution is -2.62. The lowest BCUT2D eigenvalue weighted by molar-refractivity contribution is 0.0828. The summed E-state index contributed by atoms with van der Waals surface area (Å²) >= 11 is 0. The summed E-state index contributed by atoms with van der Waals surface area (Å²) < 4.78 is 0. The lowest BCUT2D eigenvalue weighted by Gasteiger charge is -2.50. The first-order valence-corrected chi connectivity index (χ1v) is 4.41. The predicted molar refractivity (Wildman–Crippen MR) is 43.0 cm³/mol. The maximum atomic E-state index is 3.61. The summed E-state index contributed by atoms with van der Waals surface area (Å²) in [5.41, 5.74) is 1.14. The molecule has 1 atom stereocenters. The first kappa shape index (κ1) is 6.66. The summed E-state index contributed by atoms with van der Waals surface area (Å²) in [6.45, 7) is 6.07. The maximum absolute atomic E-state index is 3.61. The van der Waals surface area contributed by atoms with Crippen molar-refractivity contribution in [2.24, 2.45) is 5.41 Å². The molecule has 58 valence electrons. The monoisotopic (exact) mass is 139 g/mol. The van der Waals surface area contributed by atoms with E-state index in [2.05, 4.69) is 19.2 Å². The number of hydrogen-bond acceptors (Lipinski definition) is 1. The molecule has 2 rings (SSSR count). The molecule has 1 heterocycles. The Labute approximate surface area is 63.2 Å². The molecule has 2 aliphatic rings. The van der Waals surface area contributed by atoms with Crippen LogP contribution in [-0.4, -0.2) is 12.1 Å². The van der Waals surface area contributed by atoms with Crippen LogP contribution in [0.25, 0.3) is 0 Å². The highest BCUT2D eigenvalue weighted by molar-refractivity contribution is 5.09. The van der Waals surface area contributed by atoms with E-state index >= 15 is 0 Å². The van der Waals surface area contributed by atoms with Crippen LogP contribution in [0, 0.1) is 5.41 Å². The molecule has 0 aromatic carbocycles. The van der Waals surface area contributed by atoms with E-state index in [1.807, 2.05) is 0 Å². The molecule has 0 aromatic rings. The van der Waals surface area contributed by atoms with Crippen molar-refractivity contribution in [1.82, 2.24) is 5.32 Å². The topological polar surface area (TPSA) is 12.0 Å². The van der Waals surface area contributed by atoms with Crippen LogP contribution >= 0.6 is 0 Å². The highest BCUT2D eigenvalue weighted by Crippen LogP contribution is 2.50. The molecule has 1 N–H and O–H groups in total. The molecule has 1 spiro atoms. The fraction of sp³-hybridized carbons (Fsp3) is 1.00. The normalized spacial score (nSPS) is 43.8. The van der Waals surface area contributed by atoms with Crippen LogP contribution in [0.3, 0.4) is 0 Å². The fourth-order valence-corrected chi connectivity index (χ4v) is 2.63. The third-order valence-corrected chi connectivity index (χ3v) is 3.72. The van der Waals surface area contributed by atoms with Crippen LogP contribution in [0.5, 0.6) is 0 Å². The molecule has 1 nitrogen and oxygen atoms in total.